The van der Waals surface area contributed by atoms with Crippen LogP contribution in [0.1, 0.15) is 58.2 Å². The summed E-state index contributed by atoms with van der Waals surface area (Å²) < 4.78 is 42.0. The van der Waals surface area contributed by atoms with Crippen molar-refractivity contribution in [2.45, 2.75) is 83.8 Å². The van der Waals surface area contributed by atoms with Gasteiger partial charge in [0, 0.05) is 49.2 Å². The number of halogens is 2. The molecule has 44 heavy (non-hydrogen) atoms. The number of fused-ring (bicyclic) bond motifs is 2. The minimum Gasteiger partial charge on any atom is -0.494 e. The standard InChI is InChI=1S/C31H34BrClO11/c1-7-38-24-10-8-21(25(32)14-24)12-22-13-23(9-11-26(22)33)31-29(43-20(6)37)27(41-18(4)35)28(42-19(5)36)30(44-31,15-39-31)16(2)40-17(3)34/h8-11,13-14,16,27-29H,7,12,15H2,1-6H3/t16?,27-,28-,29+,30-,31?/m0/s1. The van der Waals surface area contributed by atoms with E-state index in [1.165, 1.54) is 13.8 Å². The monoisotopic (exact) mass is 696 g/mol. The molecular weight excluding hydrogens is 664 g/mol. The van der Waals surface area contributed by atoms with Crippen molar-refractivity contribution in [3.63, 3.8) is 0 Å². The Hall–Kier alpha value is -3.19. The number of carbonyl (C=O) groups excluding carboxylic acids is 4. The van der Waals surface area contributed by atoms with Gasteiger partial charge in [-0.25, -0.2) is 0 Å². The maximum Gasteiger partial charge on any atom is 0.303 e. The molecule has 0 radical (unpaired) electrons. The molecule has 6 atom stereocenters. The molecule has 4 rings (SSSR count). The van der Waals surface area contributed by atoms with E-state index in [1.54, 1.807) is 25.1 Å². The summed E-state index contributed by atoms with van der Waals surface area (Å²) in [6, 6.07) is 10.7. The summed E-state index contributed by atoms with van der Waals surface area (Å²) in [5.74, 6) is -4.02. The molecule has 0 aromatic heterocycles. The Labute approximate surface area is 268 Å². The zero-order valence-corrected chi connectivity index (χ0v) is 27.5. The number of benzene rings is 2. The molecule has 2 saturated heterocycles. The Balaban J connectivity index is 1.87. The second kappa shape index (κ2) is 13.4. The van der Waals surface area contributed by atoms with Crippen molar-refractivity contribution in [2.75, 3.05) is 13.2 Å². The summed E-state index contributed by atoms with van der Waals surface area (Å²) in [5.41, 5.74) is 0.296. The van der Waals surface area contributed by atoms with Gasteiger partial charge in [0.1, 0.15) is 11.9 Å². The average molecular weight is 698 g/mol. The number of rotatable bonds is 10. The molecule has 13 heteroatoms. The third-order valence-electron chi connectivity index (χ3n) is 7.39. The summed E-state index contributed by atoms with van der Waals surface area (Å²) in [6.45, 7) is 8.41. The number of carbonyl (C=O) groups is 4. The van der Waals surface area contributed by atoms with Crippen LogP contribution in [0.4, 0.5) is 0 Å². The molecule has 11 nitrogen and oxygen atoms in total. The fraction of sp³-hybridized carbons (Fsp3) is 0.484. The second-order valence-corrected chi connectivity index (χ2v) is 11.8. The minimum absolute atomic E-state index is 0.280. The van der Waals surface area contributed by atoms with E-state index in [2.05, 4.69) is 15.9 Å². The number of hydrogen-bond acceptors (Lipinski definition) is 11. The van der Waals surface area contributed by atoms with Crippen LogP contribution >= 0.6 is 27.5 Å². The highest BCUT2D eigenvalue weighted by Gasteiger charge is 2.74. The highest BCUT2D eigenvalue weighted by Crippen LogP contribution is 2.54. The molecule has 0 spiro atoms. The molecule has 2 unspecified atom stereocenters. The van der Waals surface area contributed by atoms with Crippen molar-refractivity contribution in [3.05, 3.63) is 62.6 Å². The van der Waals surface area contributed by atoms with E-state index >= 15 is 0 Å². The van der Waals surface area contributed by atoms with Crippen molar-refractivity contribution in [3.8, 4) is 5.75 Å². The Morgan fingerprint density at radius 1 is 0.932 bits per heavy atom. The van der Waals surface area contributed by atoms with Crippen LogP contribution < -0.4 is 4.74 Å². The second-order valence-electron chi connectivity index (χ2n) is 10.6. The van der Waals surface area contributed by atoms with Crippen LogP contribution in [0.15, 0.2) is 40.9 Å². The molecule has 2 aliphatic rings. The largest absolute Gasteiger partial charge is 0.494 e. The van der Waals surface area contributed by atoms with Crippen LogP contribution in [0.5, 0.6) is 5.75 Å². The average Bonchev–Trinajstić information content (AvgIpc) is 3.30. The summed E-state index contributed by atoms with van der Waals surface area (Å²) in [4.78, 5) is 49.2. The molecule has 2 heterocycles. The quantitative estimate of drug-likeness (QED) is 0.251. The molecule has 0 amide bonds. The number of esters is 4. The Bertz CT molecular complexity index is 1450. The molecule has 2 fully saturated rings. The lowest BCUT2D eigenvalue weighted by Gasteiger charge is -2.50. The molecule has 2 aliphatic heterocycles. The van der Waals surface area contributed by atoms with Gasteiger partial charge in [-0.05, 0) is 49.2 Å². The fourth-order valence-electron chi connectivity index (χ4n) is 5.63. The molecule has 238 valence electrons. The summed E-state index contributed by atoms with van der Waals surface area (Å²) in [7, 11) is 0. The van der Waals surface area contributed by atoms with E-state index in [4.69, 9.17) is 44.8 Å². The fourth-order valence-corrected chi connectivity index (χ4v) is 6.31. The predicted molar refractivity (Wildman–Crippen MR) is 159 cm³/mol. The Kier molecular flexibility index (Phi) is 10.3. The van der Waals surface area contributed by atoms with Crippen molar-refractivity contribution >= 4 is 51.4 Å². The van der Waals surface area contributed by atoms with Gasteiger partial charge in [0.25, 0.3) is 0 Å². The van der Waals surface area contributed by atoms with Crippen LogP contribution in [0.2, 0.25) is 5.02 Å². The van der Waals surface area contributed by atoms with Gasteiger partial charge in [-0.3, -0.25) is 19.2 Å². The maximum absolute atomic E-state index is 12.5. The van der Waals surface area contributed by atoms with Gasteiger partial charge in [0.2, 0.25) is 11.9 Å². The molecule has 0 N–H and O–H groups in total. The van der Waals surface area contributed by atoms with Crippen molar-refractivity contribution in [2.24, 2.45) is 0 Å². The molecule has 2 aromatic carbocycles. The SMILES string of the molecule is CCOc1ccc(Cc2cc(C34OC[C@@](C(C)OC(C)=O)(O3)[C@@H](OC(C)=O)[C@H](OC(C)=O)[C@H]4OC(C)=O)ccc2Cl)c(Br)c1. The smallest absolute Gasteiger partial charge is 0.303 e. The summed E-state index contributed by atoms with van der Waals surface area (Å²) in [5, 5.41) is 0.442. The van der Waals surface area contributed by atoms with Crippen molar-refractivity contribution in [1.82, 2.24) is 0 Å². The normalized spacial score (nSPS) is 26.3. The van der Waals surface area contributed by atoms with Crippen LogP contribution in [0.25, 0.3) is 0 Å². The van der Waals surface area contributed by atoms with E-state index in [9.17, 15) is 19.2 Å². The third-order valence-corrected chi connectivity index (χ3v) is 8.50. The summed E-state index contributed by atoms with van der Waals surface area (Å²) >= 11 is 10.3. The van der Waals surface area contributed by atoms with E-state index < -0.39 is 59.7 Å². The lowest BCUT2D eigenvalue weighted by atomic mass is 9.80. The van der Waals surface area contributed by atoms with Gasteiger partial charge >= 0.3 is 23.9 Å². The lowest BCUT2D eigenvalue weighted by molar-refractivity contribution is -0.340. The molecule has 0 aliphatic carbocycles. The Morgan fingerprint density at radius 3 is 2.18 bits per heavy atom. The Morgan fingerprint density at radius 2 is 1.59 bits per heavy atom. The predicted octanol–water partition coefficient (Wildman–Crippen LogP) is 4.79. The van der Waals surface area contributed by atoms with Gasteiger partial charge in [-0.15, -0.1) is 0 Å². The van der Waals surface area contributed by atoms with Gasteiger partial charge < -0.3 is 33.2 Å². The van der Waals surface area contributed by atoms with Gasteiger partial charge in [0.05, 0.1) is 13.2 Å². The maximum atomic E-state index is 12.5. The highest BCUT2D eigenvalue weighted by atomic mass is 79.9. The van der Waals surface area contributed by atoms with E-state index in [1.807, 2.05) is 25.1 Å². The molecule has 2 bridgehead atoms. The third kappa shape index (κ3) is 6.73. The number of hydrogen-bond donors (Lipinski definition) is 0. The topological polar surface area (TPSA) is 133 Å². The van der Waals surface area contributed by atoms with Crippen LogP contribution in [0.3, 0.4) is 0 Å². The highest BCUT2D eigenvalue weighted by molar-refractivity contribution is 9.10. The number of ether oxygens (including phenoxy) is 7. The zero-order valence-electron chi connectivity index (χ0n) is 25.1. The van der Waals surface area contributed by atoms with Crippen molar-refractivity contribution < 1.29 is 52.3 Å². The van der Waals surface area contributed by atoms with Crippen LogP contribution in [-0.2, 0) is 59.8 Å². The zero-order chi connectivity index (χ0) is 32.4. The first-order valence-electron chi connectivity index (χ1n) is 14.0. The van der Waals surface area contributed by atoms with Gasteiger partial charge in [-0.1, -0.05) is 39.7 Å². The lowest BCUT2D eigenvalue weighted by Crippen LogP contribution is -2.70. The molecule has 0 saturated carbocycles. The first-order valence-corrected chi connectivity index (χ1v) is 15.1. The van der Waals surface area contributed by atoms with E-state index in [0.29, 0.717) is 34.9 Å². The first-order chi connectivity index (χ1) is 20.7. The minimum atomic E-state index is -1.88. The van der Waals surface area contributed by atoms with Gasteiger partial charge in [-0.2, -0.15) is 0 Å². The molecular formula is C31H34BrClO11. The van der Waals surface area contributed by atoms with Crippen molar-refractivity contribution in [1.29, 1.82) is 0 Å². The van der Waals surface area contributed by atoms with Crippen LogP contribution in [0, 0.1) is 0 Å². The van der Waals surface area contributed by atoms with Gasteiger partial charge in [0.15, 0.2) is 17.8 Å². The van der Waals surface area contributed by atoms with E-state index in [-0.39, 0.29) is 6.61 Å². The van der Waals surface area contributed by atoms with E-state index in [0.717, 1.165) is 23.9 Å². The first kappa shape index (κ1) is 33.7. The van der Waals surface area contributed by atoms with Crippen LogP contribution in [-0.4, -0.2) is 67.1 Å². The summed E-state index contributed by atoms with van der Waals surface area (Å²) in [6.07, 6.45) is -4.92. The molecule has 2 aromatic rings.